The fourth-order valence-electron chi connectivity index (χ4n) is 1.96. The molecule has 0 radical (unpaired) electrons. The van der Waals surface area contributed by atoms with Crippen molar-refractivity contribution in [1.82, 2.24) is 10.1 Å². The van der Waals surface area contributed by atoms with Gasteiger partial charge in [-0.2, -0.15) is 4.98 Å². The van der Waals surface area contributed by atoms with Gasteiger partial charge in [-0.15, -0.1) is 0 Å². The molecular formula is C11H19N3O3. The third-order valence-electron chi connectivity index (χ3n) is 2.82. The molecule has 0 amide bonds. The molecule has 1 aromatic rings. The van der Waals surface area contributed by atoms with Crippen LogP contribution in [0, 0.1) is 5.92 Å². The lowest BCUT2D eigenvalue weighted by Gasteiger charge is -2.05. The van der Waals surface area contributed by atoms with Gasteiger partial charge >= 0.3 is 0 Å². The van der Waals surface area contributed by atoms with Crippen LogP contribution in [0.3, 0.4) is 0 Å². The van der Waals surface area contributed by atoms with Crippen molar-refractivity contribution in [2.45, 2.75) is 25.3 Å². The van der Waals surface area contributed by atoms with Gasteiger partial charge in [-0.1, -0.05) is 5.16 Å². The maximum absolute atomic E-state index is 5.82. The van der Waals surface area contributed by atoms with E-state index in [2.05, 4.69) is 10.1 Å². The van der Waals surface area contributed by atoms with E-state index in [1.165, 1.54) is 0 Å². The molecule has 2 unspecified atom stereocenters. The Hall–Kier alpha value is -0.980. The van der Waals surface area contributed by atoms with Crippen molar-refractivity contribution >= 4 is 0 Å². The molecule has 6 heteroatoms. The summed E-state index contributed by atoms with van der Waals surface area (Å²) in [5, 5.41) is 3.95. The summed E-state index contributed by atoms with van der Waals surface area (Å²) in [7, 11) is 1.62. The van der Waals surface area contributed by atoms with Crippen molar-refractivity contribution in [2.75, 3.05) is 26.9 Å². The van der Waals surface area contributed by atoms with Gasteiger partial charge in [0.05, 0.1) is 6.61 Å². The number of ether oxygens (including phenoxy) is 2. The molecule has 0 aromatic carbocycles. The molecule has 0 bridgehead atoms. The Balaban J connectivity index is 1.82. The van der Waals surface area contributed by atoms with Gasteiger partial charge in [-0.05, 0) is 12.3 Å². The van der Waals surface area contributed by atoms with E-state index in [9.17, 15) is 0 Å². The number of nitrogens with zero attached hydrogens (tertiary/aromatic N) is 2. The zero-order valence-electron chi connectivity index (χ0n) is 10.1. The molecule has 1 saturated heterocycles. The van der Waals surface area contributed by atoms with Crippen LogP contribution >= 0.6 is 0 Å². The van der Waals surface area contributed by atoms with Crippen molar-refractivity contribution in [3.8, 4) is 0 Å². The number of hydrogen-bond acceptors (Lipinski definition) is 6. The summed E-state index contributed by atoms with van der Waals surface area (Å²) in [6, 6.07) is -0.0943. The van der Waals surface area contributed by atoms with Crippen LogP contribution in [0.4, 0.5) is 0 Å². The summed E-state index contributed by atoms with van der Waals surface area (Å²) >= 11 is 0. The topological polar surface area (TPSA) is 83.4 Å². The molecule has 2 heterocycles. The predicted octanol–water partition coefficient (Wildman–Crippen LogP) is 0.165. The molecule has 1 aromatic heterocycles. The van der Waals surface area contributed by atoms with Gasteiger partial charge in [-0.3, -0.25) is 0 Å². The first kappa shape index (κ1) is 12.5. The second-order valence-corrected chi connectivity index (χ2v) is 4.46. The average molecular weight is 241 g/mol. The van der Waals surface area contributed by atoms with E-state index in [0.717, 1.165) is 31.9 Å². The van der Waals surface area contributed by atoms with Crippen LogP contribution in [0.25, 0.3) is 0 Å². The second kappa shape index (κ2) is 6.09. The number of methoxy groups -OCH3 is 1. The monoisotopic (exact) mass is 241 g/mol. The molecule has 2 rings (SSSR count). The van der Waals surface area contributed by atoms with Gasteiger partial charge in [0.1, 0.15) is 0 Å². The fourth-order valence-corrected chi connectivity index (χ4v) is 1.96. The number of hydrogen-bond donors (Lipinski definition) is 1. The Kier molecular flexibility index (Phi) is 4.47. The van der Waals surface area contributed by atoms with Gasteiger partial charge in [0.15, 0.2) is 5.82 Å². The van der Waals surface area contributed by atoms with Gasteiger partial charge in [0.2, 0.25) is 5.89 Å². The predicted molar refractivity (Wildman–Crippen MR) is 60.5 cm³/mol. The zero-order valence-corrected chi connectivity index (χ0v) is 10.1. The van der Waals surface area contributed by atoms with Gasteiger partial charge in [-0.25, -0.2) is 0 Å². The zero-order chi connectivity index (χ0) is 12.1. The number of aromatic nitrogens is 2. The Morgan fingerprint density at radius 1 is 1.59 bits per heavy atom. The minimum Gasteiger partial charge on any atom is -0.383 e. The molecule has 96 valence electrons. The Morgan fingerprint density at radius 3 is 3.18 bits per heavy atom. The van der Waals surface area contributed by atoms with Crippen LogP contribution in [0.15, 0.2) is 4.52 Å². The molecular weight excluding hydrogens is 222 g/mol. The van der Waals surface area contributed by atoms with E-state index in [0.29, 0.717) is 24.8 Å². The van der Waals surface area contributed by atoms with E-state index in [4.69, 9.17) is 19.7 Å². The third kappa shape index (κ3) is 3.76. The summed E-state index contributed by atoms with van der Waals surface area (Å²) in [6.07, 6.45) is 2.46. The number of nitrogens with two attached hydrogens (primary N) is 1. The van der Waals surface area contributed by atoms with Gasteiger partial charge < -0.3 is 19.7 Å². The van der Waals surface area contributed by atoms with E-state index < -0.39 is 0 Å². The molecule has 0 spiro atoms. The summed E-state index contributed by atoms with van der Waals surface area (Å²) in [6.45, 7) is 2.13. The largest absolute Gasteiger partial charge is 0.383 e. The Labute approximate surface area is 100 Å². The van der Waals surface area contributed by atoms with E-state index in [1.54, 1.807) is 7.11 Å². The highest BCUT2D eigenvalue weighted by Crippen LogP contribution is 2.16. The molecule has 2 atom stereocenters. The first-order valence-corrected chi connectivity index (χ1v) is 5.91. The van der Waals surface area contributed by atoms with Crippen molar-refractivity contribution in [2.24, 2.45) is 11.7 Å². The molecule has 0 aliphatic carbocycles. The molecule has 17 heavy (non-hydrogen) atoms. The van der Waals surface area contributed by atoms with Crippen LogP contribution in [-0.4, -0.2) is 43.1 Å². The van der Waals surface area contributed by atoms with Crippen LogP contribution in [0.5, 0.6) is 0 Å². The highest BCUT2D eigenvalue weighted by molar-refractivity contribution is 4.91. The van der Waals surface area contributed by atoms with Crippen molar-refractivity contribution < 1.29 is 14.0 Å². The van der Waals surface area contributed by atoms with Crippen molar-refractivity contribution in [3.05, 3.63) is 11.7 Å². The van der Waals surface area contributed by atoms with E-state index in [1.807, 2.05) is 0 Å². The molecule has 2 N–H and O–H groups in total. The molecule has 1 aliphatic rings. The molecule has 1 aliphatic heterocycles. The lowest BCUT2D eigenvalue weighted by atomic mass is 10.1. The minimum atomic E-state index is -0.0943. The summed E-state index contributed by atoms with van der Waals surface area (Å²) in [5.74, 6) is 1.86. The maximum Gasteiger partial charge on any atom is 0.228 e. The van der Waals surface area contributed by atoms with Crippen LogP contribution < -0.4 is 5.73 Å². The van der Waals surface area contributed by atoms with Gasteiger partial charge in [0.25, 0.3) is 0 Å². The normalized spacial score (nSPS) is 21.9. The van der Waals surface area contributed by atoms with Crippen LogP contribution in [0.2, 0.25) is 0 Å². The summed E-state index contributed by atoms with van der Waals surface area (Å²) in [4.78, 5) is 4.33. The lowest BCUT2D eigenvalue weighted by Crippen LogP contribution is -2.28. The lowest BCUT2D eigenvalue weighted by molar-refractivity contribution is 0.176. The quantitative estimate of drug-likeness (QED) is 0.764. The van der Waals surface area contributed by atoms with E-state index in [-0.39, 0.29) is 6.04 Å². The molecule has 1 fully saturated rings. The molecule has 0 saturated carbocycles. The highest BCUT2D eigenvalue weighted by atomic mass is 16.5. The highest BCUT2D eigenvalue weighted by Gasteiger charge is 2.19. The molecule has 6 nitrogen and oxygen atoms in total. The first-order chi connectivity index (χ1) is 8.28. The van der Waals surface area contributed by atoms with Crippen LogP contribution in [-0.2, 0) is 22.3 Å². The Morgan fingerprint density at radius 2 is 2.47 bits per heavy atom. The third-order valence-corrected chi connectivity index (χ3v) is 2.82. The SMILES string of the molecule is COCC(N)Cc1nc(CC2CCOC2)no1. The Bertz CT molecular complexity index is 336. The van der Waals surface area contributed by atoms with Crippen molar-refractivity contribution in [1.29, 1.82) is 0 Å². The second-order valence-electron chi connectivity index (χ2n) is 4.46. The summed E-state index contributed by atoms with van der Waals surface area (Å²) < 4.78 is 15.4. The van der Waals surface area contributed by atoms with Gasteiger partial charge in [0, 0.05) is 39.2 Å². The van der Waals surface area contributed by atoms with E-state index >= 15 is 0 Å². The van der Waals surface area contributed by atoms with Crippen LogP contribution in [0.1, 0.15) is 18.1 Å². The van der Waals surface area contributed by atoms with Crippen molar-refractivity contribution in [3.63, 3.8) is 0 Å². The summed E-state index contributed by atoms with van der Waals surface area (Å²) in [5.41, 5.74) is 5.82. The fraction of sp³-hybridized carbons (Fsp3) is 0.818. The number of rotatable bonds is 6. The standard InChI is InChI=1S/C11H19N3O3/c1-15-7-9(12)5-11-13-10(14-17-11)4-8-2-3-16-6-8/h8-9H,2-7,12H2,1H3. The maximum atomic E-state index is 5.82. The first-order valence-electron chi connectivity index (χ1n) is 5.91. The average Bonchev–Trinajstić information content (AvgIpc) is 2.91. The smallest absolute Gasteiger partial charge is 0.228 e. The minimum absolute atomic E-state index is 0.0943.